The molecule has 0 aliphatic carbocycles. The van der Waals surface area contributed by atoms with Gasteiger partial charge in [0.2, 0.25) is 10.0 Å². The highest BCUT2D eigenvalue weighted by Gasteiger charge is 2.36. The fourth-order valence-electron chi connectivity index (χ4n) is 1.30. The molecule has 1 aromatic rings. The molecule has 2 N–H and O–H groups in total. The van der Waals surface area contributed by atoms with E-state index in [1.165, 1.54) is 6.07 Å². The SMILES string of the molecule is O=S(=O)(NCCCO)c1ccccc1C(F)(F)F. The van der Waals surface area contributed by atoms with Crippen LogP contribution in [0, 0.1) is 0 Å². The molecule has 1 aromatic carbocycles. The van der Waals surface area contributed by atoms with Crippen LogP contribution in [0.25, 0.3) is 0 Å². The first-order chi connectivity index (χ1) is 8.29. The van der Waals surface area contributed by atoms with Crippen molar-refractivity contribution in [1.82, 2.24) is 4.72 Å². The third-order valence-electron chi connectivity index (χ3n) is 2.11. The Morgan fingerprint density at radius 3 is 2.39 bits per heavy atom. The van der Waals surface area contributed by atoms with Gasteiger partial charge in [-0.15, -0.1) is 0 Å². The lowest BCUT2D eigenvalue weighted by Crippen LogP contribution is -2.27. The highest BCUT2D eigenvalue weighted by Crippen LogP contribution is 2.33. The van der Waals surface area contributed by atoms with E-state index in [4.69, 9.17) is 5.11 Å². The van der Waals surface area contributed by atoms with Crippen molar-refractivity contribution < 1.29 is 26.7 Å². The lowest BCUT2D eigenvalue weighted by atomic mass is 10.2. The summed E-state index contributed by atoms with van der Waals surface area (Å²) in [7, 11) is -4.23. The molecule has 0 aliphatic heterocycles. The molecule has 0 heterocycles. The Labute approximate surface area is 102 Å². The third-order valence-corrected chi connectivity index (χ3v) is 3.63. The van der Waals surface area contributed by atoms with Gasteiger partial charge in [-0.25, -0.2) is 13.1 Å². The van der Waals surface area contributed by atoms with Gasteiger partial charge < -0.3 is 5.11 Å². The first-order valence-corrected chi connectivity index (χ1v) is 6.54. The van der Waals surface area contributed by atoms with E-state index in [-0.39, 0.29) is 19.6 Å². The average molecular weight is 283 g/mol. The quantitative estimate of drug-likeness (QED) is 0.802. The molecule has 0 aliphatic rings. The Bertz CT molecular complexity index is 499. The average Bonchev–Trinajstić information content (AvgIpc) is 2.28. The van der Waals surface area contributed by atoms with Crippen LogP contribution in [-0.4, -0.2) is 26.7 Å². The molecule has 0 aromatic heterocycles. The molecule has 0 atom stereocenters. The van der Waals surface area contributed by atoms with Gasteiger partial charge in [0.25, 0.3) is 0 Å². The van der Waals surface area contributed by atoms with Crippen molar-refractivity contribution in [2.24, 2.45) is 0 Å². The van der Waals surface area contributed by atoms with E-state index in [0.717, 1.165) is 12.1 Å². The van der Waals surface area contributed by atoms with E-state index in [1.54, 1.807) is 0 Å². The molecule has 1 rings (SSSR count). The topological polar surface area (TPSA) is 66.4 Å². The molecule has 0 radical (unpaired) electrons. The van der Waals surface area contributed by atoms with Crippen LogP contribution in [0.4, 0.5) is 13.2 Å². The fourth-order valence-corrected chi connectivity index (χ4v) is 2.60. The van der Waals surface area contributed by atoms with Gasteiger partial charge in [-0.05, 0) is 18.6 Å². The van der Waals surface area contributed by atoms with Crippen molar-refractivity contribution in [3.63, 3.8) is 0 Å². The number of hydrogen-bond donors (Lipinski definition) is 2. The normalized spacial score (nSPS) is 12.7. The van der Waals surface area contributed by atoms with Crippen molar-refractivity contribution in [3.8, 4) is 0 Å². The number of sulfonamides is 1. The van der Waals surface area contributed by atoms with Gasteiger partial charge in [0.05, 0.1) is 10.5 Å². The molecule has 0 saturated heterocycles. The van der Waals surface area contributed by atoms with Gasteiger partial charge in [0.15, 0.2) is 0 Å². The predicted molar refractivity (Wildman–Crippen MR) is 58.3 cm³/mol. The van der Waals surface area contributed by atoms with Gasteiger partial charge in [0, 0.05) is 13.2 Å². The van der Waals surface area contributed by atoms with Crippen molar-refractivity contribution in [2.45, 2.75) is 17.5 Å². The number of hydrogen-bond acceptors (Lipinski definition) is 3. The number of rotatable bonds is 5. The summed E-state index contributed by atoms with van der Waals surface area (Å²) in [5.41, 5.74) is -1.21. The van der Waals surface area contributed by atoms with Crippen LogP contribution in [-0.2, 0) is 16.2 Å². The van der Waals surface area contributed by atoms with E-state index in [1.807, 2.05) is 4.72 Å². The van der Waals surface area contributed by atoms with Crippen LogP contribution in [0.3, 0.4) is 0 Å². The van der Waals surface area contributed by atoms with Crippen molar-refractivity contribution >= 4 is 10.0 Å². The Balaban J connectivity index is 3.09. The Hall–Kier alpha value is -1.12. The minimum absolute atomic E-state index is 0.120. The second-order valence-corrected chi connectivity index (χ2v) is 5.20. The smallest absolute Gasteiger partial charge is 0.396 e. The Morgan fingerprint density at radius 1 is 1.22 bits per heavy atom. The zero-order valence-corrected chi connectivity index (χ0v) is 10.1. The Morgan fingerprint density at radius 2 is 1.83 bits per heavy atom. The number of aliphatic hydroxyl groups excluding tert-OH is 1. The molecule has 0 amide bonds. The van der Waals surface area contributed by atoms with E-state index in [2.05, 4.69) is 0 Å². The second-order valence-electron chi connectivity index (χ2n) is 3.47. The standard InChI is InChI=1S/C10H12F3NO3S/c11-10(12,13)8-4-1-2-5-9(8)18(16,17)14-6-3-7-15/h1-2,4-5,14-15H,3,6-7H2. The molecule has 4 nitrogen and oxygen atoms in total. The summed E-state index contributed by atoms with van der Waals surface area (Å²) in [4.78, 5) is -0.810. The van der Waals surface area contributed by atoms with Gasteiger partial charge in [-0.2, -0.15) is 13.2 Å². The number of nitrogens with one attached hydrogen (secondary N) is 1. The molecule has 0 unspecified atom stereocenters. The molecule has 0 fully saturated rings. The highest BCUT2D eigenvalue weighted by atomic mass is 32.2. The van der Waals surface area contributed by atoms with Crippen molar-refractivity contribution in [1.29, 1.82) is 0 Å². The lowest BCUT2D eigenvalue weighted by molar-refractivity contribution is -0.139. The van der Waals surface area contributed by atoms with E-state index >= 15 is 0 Å². The summed E-state index contributed by atoms with van der Waals surface area (Å²) in [5.74, 6) is 0. The number of halogens is 3. The molecule has 18 heavy (non-hydrogen) atoms. The molecular weight excluding hydrogens is 271 g/mol. The second kappa shape index (κ2) is 5.68. The van der Waals surface area contributed by atoms with E-state index < -0.39 is 26.7 Å². The number of aliphatic hydroxyl groups is 1. The third kappa shape index (κ3) is 3.69. The largest absolute Gasteiger partial charge is 0.417 e. The summed E-state index contributed by atoms with van der Waals surface area (Å²) in [5, 5.41) is 8.50. The Kier molecular flexibility index (Phi) is 4.71. The molecule has 8 heteroatoms. The van der Waals surface area contributed by atoms with Crippen molar-refractivity contribution in [3.05, 3.63) is 29.8 Å². The minimum Gasteiger partial charge on any atom is -0.396 e. The van der Waals surface area contributed by atoms with Gasteiger partial charge >= 0.3 is 6.18 Å². The summed E-state index contributed by atoms with van der Waals surface area (Å²) >= 11 is 0. The zero-order valence-electron chi connectivity index (χ0n) is 9.24. The molecule has 0 saturated carbocycles. The van der Waals surface area contributed by atoms with E-state index in [9.17, 15) is 21.6 Å². The van der Waals surface area contributed by atoms with Crippen LogP contribution in [0.1, 0.15) is 12.0 Å². The first-order valence-electron chi connectivity index (χ1n) is 5.06. The molecule has 0 bridgehead atoms. The van der Waals surface area contributed by atoms with Crippen molar-refractivity contribution in [2.75, 3.05) is 13.2 Å². The maximum absolute atomic E-state index is 12.6. The minimum atomic E-state index is -4.73. The monoisotopic (exact) mass is 283 g/mol. The number of alkyl halides is 3. The molecular formula is C10H12F3NO3S. The summed E-state index contributed by atoms with van der Waals surface area (Å²) in [6, 6.07) is 3.94. The predicted octanol–water partition coefficient (Wildman–Crippen LogP) is 1.37. The van der Waals surface area contributed by atoms with Crippen LogP contribution < -0.4 is 4.72 Å². The lowest BCUT2D eigenvalue weighted by Gasteiger charge is -2.13. The van der Waals surface area contributed by atoms with Gasteiger partial charge in [0.1, 0.15) is 0 Å². The zero-order chi connectivity index (χ0) is 13.8. The maximum atomic E-state index is 12.6. The van der Waals surface area contributed by atoms with Gasteiger partial charge in [-0.3, -0.25) is 0 Å². The van der Waals surface area contributed by atoms with Crippen LogP contribution >= 0.6 is 0 Å². The fraction of sp³-hybridized carbons (Fsp3) is 0.400. The maximum Gasteiger partial charge on any atom is 0.417 e. The summed E-state index contributed by atoms with van der Waals surface area (Å²) in [6.07, 6.45) is -4.60. The highest BCUT2D eigenvalue weighted by molar-refractivity contribution is 7.89. The van der Waals surface area contributed by atoms with Crippen LogP contribution in [0.2, 0.25) is 0 Å². The molecule has 102 valence electrons. The van der Waals surface area contributed by atoms with Gasteiger partial charge in [-0.1, -0.05) is 12.1 Å². The first kappa shape index (κ1) is 14.9. The summed E-state index contributed by atoms with van der Waals surface area (Å²) < 4.78 is 63.3. The van der Waals surface area contributed by atoms with Crippen LogP contribution in [0.15, 0.2) is 29.2 Å². The molecule has 0 spiro atoms. The number of benzene rings is 1. The van der Waals surface area contributed by atoms with Crippen LogP contribution in [0.5, 0.6) is 0 Å². The summed E-state index contributed by atoms with van der Waals surface area (Å²) in [6.45, 7) is -0.367. The van der Waals surface area contributed by atoms with E-state index in [0.29, 0.717) is 6.07 Å².